The lowest BCUT2D eigenvalue weighted by Crippen LogP contribution is -2.38. The molecule has 16 heavy (non-hydrogen) atoms. The summed E-state index contributed by atoms with van der Waals surface area (Å²) in [6, 6.07) is -0.185. The molecule has 2 aliphatic heterocycles. The summed E-state index contributed by atoms with van der Waals surface area (Å²) >= 11 is 0. The number of amides is 2. The van der Waals surface area contributed by atoms with Gasteiger partial charge in [0.25, 0.3) is 0 Å². The molecule has 2 atom stereocenters. The number of urea groups is 1. The number of sulfone groups is 1. The van der Waals surface area contributed by atoms with Crippen LogP contribution in [0.3, 0.4) is 0 Å². The molecule has 0 saturated carbocycles. The molecule has 0 spiro atoms. The smallest absolute Gasteiger partial charge is 0.318 e. The number of carbonyl (C=O) groups is 1. The summed E-state index contributed by atoms with van der Waals surface area (Å²) in [5.74, 6) is 0.324. The number of likely N-dealkylation sites (N-methyl/N-ethyl adjacent to an activating group) is 1. The van der Waals surface area contributed by atoms with Crippen LogP contribution in [0.5, 0.6) is 0 Å². The van der Waals surface area contributed by atoms with E-state index < -0.39 is 9.84 Å². The third kappa shape index (κ3) is 2.30. The maximum atomic E-state index is 11.6. The second kappa shape index (κ2) is 4.21. The average molecular weight is 247 g/mol. The SMILES string of the molecule is CNCC1CN(C2CCS(=O)(=O)C2)C(=O)N1. The fourth-order valence-corrected chi connectivity index (χ4v) is 4.05. The van der Waals surface area contributed by atoms with Crippen molar-refractivity contribution in [1.29, 1.82) is 0 Å². The van der Waals surface area contributed by atoms with Gasteiger partial charge in [-0.2, -0.15) is 0 Å². The zero-order chi connectivity index (χ0) is 11.8. The Balaban J connectivity index is 1.99. The highest BCUT2D eigenvalue weighted by molar-refractivity contribution is 7.91. The lowest BCUT2D eigenvalue weighted by molar-refractivity contribution is 0.203. The van der Waals surface area contributed by atoms with Gasteiger partial charge in [0, 0.05) is 19.1 Å². The Morgan fingerprint density at radius 3 is 2.88 bits per heavy atom. The molecule has 0 aromatic rings. The highest BCUT2D eigenvalue weighted by atomic mass is 32.2. The molecular formula is C9H17N3O3S. The van der Waals surface area contributed by atoms with Crippen LogP contribution in [0.1, 0.15) is 6.42 Å². The summed E-state index contributed by atoms with van der Waals surface area (Å²) in [5.41, 5.74) is 0. The standard InChI is InChI=1S/C9H17N3O3S/c1-10-4-7-5-12(9(13)11-7)8-2-3-16(14,15)6-8/h7-8,10H,2-6H2,1H3,(H,11,13). The van der Waals surface area contributed by atoms with E-state index in [0.29, 0.717) is 19.5 Å². The molecule has 2 rings (SSSR count). The van der Waals surface area contributed by atoms with Crippen molar-refractivity contribution < 1.29 is 13.2 Å². The van der Waals surface area contributed by atoms with Crippen LogP contribution in [0.15, 0.2) is 0 Å². The maximum Gasteiger partial charge on any atom is 0.318 e. The lowest BCUT2D eigenvalue weighted by atomic mass is 10.2. The van der Waals surface area contributed by atoms with Gasteiger partial charge in [0.1, 0.15) is 0 Å². The van der Waals surface area contributed by atoms with Crippen LogP contribution in [0.4, 0.5) is 4.79 Å². The van der Waals surface area contributed by atoms with Gasteiger partial charge >= 0.3 is 6.03 Å². The molecule has 92 valence electrons. The van der Waals surface area contributed by atoms with Gasteiger partial charge in [-0.05, 0) is 13.5 Å². The Morgan fingerprint density at radius 1 is 1.56 bits per heavy atom. The molecule has 0 aliphatic carbocycles. The van der Waals surface area contributed by atoms with E-state index in [9.17, 15) is 13.2 Å². The van der Waals surface area contributed by atoms with E-state index in [1.807, 2.05) is 7.05 Å². The van der Waals surface area contributed by atoms with Crippen molar-refractivity contribution in [3.63, 3.8) is 0 Å². The Kier molecular flexibility index (Phi) is 3.07. The molecule has 2 unspecified atom stereocenters. The highest BCUT2D eigenvalue weighted by Gasteiger charge is 2.39. The molecule has 2 fully saturated rings. The van der Waals surface area contributed by atoms with E-state index in [1.165, 1.54) is 0 Å². The normalized spacial score (nSPS) is 33.1. The first-order valence-corrected chi connectivity index (χ1v) is 7.26. The number of hydrogen-bond donors (Lipinski definition) is 2. The minimum Gasteiger partial charge on any atom is -0.332 e. The number of hydrogen-bond acceptors (Lipinski definition) is 4. The summed E-state index contributed by atoms with van der Waals surface area (Å²) < 4.78 is 22.7. The Hall–Kier alpha value is -0.820. The third-order valence-electron chi connectivity index (χ3n) is 3.11. The Bertz CT molecular complexity index is 381. The van der Waals surface area contributed by atoms with E-state index in [4.69, 9.17) is 0 Å². The predicted molar refractivity (Wildman–Crippen MR) is 60.0 cm³/mol. The topological polar surface area (TPSA) is 78.5 Å². The minimum absolute atomic E-state index is 0.0841. The third-order valence-corrected chi connectivity index (χ3v) is 4.86. The van der Waals surface area contributed by atoms with Crippen LogP contribution in [0.25, 0.3) is 0 Å². The first-order valence-electron chi connectivity index (χ1n) is 5.44. The monoisotopic (exact) mass is 247 g/mol. The van der Waals surface area contributed by atoms with Crippen LogP contribution < -0.4 is 10.6 Å². The first-order chi connectivity index (χ1) is 7.52. The van der Waals surface area contributed by atoms with Gasteiger partial charge in [-0.15, -0.1) is 0 Å². The second-order valence-electron chi connectivity index (χ2n) is 4.41. The quantitative estimate of drug-likeness (QED) is 0.656. The number of nitrogens with one attached hydrogen (secondary N) is 2. The predicted octanol–water partition coefficient (Wildman–Crippen LogP) is -1.21. The zero-order valence-corrected chi connectivity index (χ0v) is 10.1. The van der Waals surface area contributed by atoms with Gasteiger partial charge in [-0.3, -0.25) is 0 Å². The summed E-state index contributed by atoms with van der Waals surface area (Å²) in [6.07, 6.45) is 0.571. The van der Waals surface area contributed by atoms with Crippen LogP contribution >= 0.6 is 0 Å². The summed E-state index contributed by atoms with van der Waals surface area (Å²) in [4.78, 5) is 13.3. The van der Waals surface area contributed by atoms with Crippen molar-refractivity contribution in [2.24, 2.45) is 0 Å². The lowest BCUT2D eigenvalue weighted by Gasteiger charge is -2.21. The first kappa shape index (κ1) is 11.7. The molecule has 2 N–H and O–H groups in total. The molecule has 0 aromatic carbocycles. The van der Waals surface area contributed by atoms with Crippen LogP contribution in [0, 0.1) is 0 Å². The van der Waals surface area contributed by atoms with Crippen LogP contribution in [-0.2, 0) is 9.84 Å². The molecule has 0 radical (unpaired) electrons. The molecule has 2 aliphatic rings. The van der Waals surface area contributed by atoms with E-state index in [0.717, 1.165) is 0 Å². The average Bonchev–Trinajstić information content (AvgIpc) is 2.70. The van der Waals surface area contributed by atoms with Crippen molar-refractivity contribution in [2.45, 2.75) is 18.5 Å². The summed E-state index contributed by atoms with van der Waals surface area (Å²) in [5, 5.41) is 5.84. The molecule has 0 bridgehead atoms. The van der Waals surface area contributed by atoms with E-state index in [1.54, 1.807) is 4.90 Å². The second-order valence-corrected chi connectivity index (χ2v) is 6.64. The van der Waals surface area contributed by atoms with E-state index in [-0.39, 0.29) is 29.6 Å². The van der Waals surface area contributed by atoms with Gasteiger partial charge in [0.05, 0.1) is 17.5 Å². The molecule has 6 nitrogen and oxygen atoms in total. The van der Waals surface area contributed by atoms with Crippen molar-refractivity contribution in [3.8, 4) is 0 Å². The largest absolute Gasteiger partial charge is 0.332 e. The van der Waals surface area contributed by atoms with Gasteiger partial charge < -0.3 is 15.5 Å². The number of carbonyl (C=O) groups excluding carboxylic acids is 1. The van der Waals surface area contributed by atoms with Crippen LogP contribution in [-0.4, -0.2) is 63.1 Å². The van der Waals surface area contributed by atoms with Gasteiger partial charge in [0.2, 0.25) is 0 Å². The highest BCUT2D eigenvalue weighted by Crippen LogP contribution is 2.20. The van der Waals surface area contributed by atoms with Gasteiger partial charge in [-0.25, -0.2) is 13.2 Å². The molecule has 2 amide bonds. The van der Waals surface area contributed by atoms with Crippen molar-refractivity contribution >= 4 is 15.9 Å². The number of nitrogens with zero attached hydrogens (tertiary/aromatic N) is 1. The number of rotatable bonds is 3. The molecule has 7 heteroatoms. The van der Waals surface area contributed by atoms with Crippen molar-refractivity contribution in [2.75, 3.05) is 31.6 Å². The summed E-state index contributed by atoms with van der Waals surface area (Å²) in [7, 11) is -1.10. The van der Waals surface area contributed by atoms with E-state index in [2.05, 4.69) is 10.6 Å². The Labute approximate surface area is 95.3 Å². The molecular weight excluding hydrogens is 230 g/mol. The molecule has 2 heterocycles. The molecule has 2 saturated heterocycles. The van der Waals surface area contributed by atoms with Gasteiger partial charge in [0.15, 0.2) is 9.84 Å². The minimum atomic E-state index is -2.92. The van der Waals surface area contributed by atoms with Crippen molar-refractivity contribution in [3.05, 3.63) is 0 Å². The van der Waals surface area contributed by atoms with Gasteiger partial charge in [-0.1, -0.05) is 0 Å². The van der Waals surface area contributed by atoms with Crippen molar-refractivity contribution in [1.82, 2.24) is 15.5 Å². The molecule has 0 aromatic heterocycles. The van der Waals surface area contributed by atoms with Crippen LogP contribution in [0.2, 0.25) is 0 Å². The zero-order valence-electron chi connectivity index (χ0n) is 9.27. The fourth-order valence-electron chi connectivity index (χ4n) is 2.32. The summed E-state index contributed by atoms with van der Waals surface area (Å²) in [6.45, 7) is 1.31. The Morgan fingerprint density at radius 2 is 2.31 bits per heavy atom. The maximum absolute atomic E-state index is 11.6. The fraction of sp³-hybridized carbons (Fsp3) is 0.889. The van der Waals surface area contributed by atoms with E-state index >= 15 is 0 Å².